The van der Waals surface area contributed by atoms with E-state index in [-0.39, 0.29) is 24.4 Å². The molecule has 0 spiro atoms. The van der Waals surface area contributed by atoms with E-state index in [4.69, 9.17) is 4.74 Å². The number of nitrogens with zero attached hydrogens (tertiary/aromatic N) is 2. The second kappa shape index (κ2) is 8.45. The SMILES string of the molecule is O=C(NCC#CCOc1ccc2cccnc2c1)c1cccc([N+](=O)[O-])c1. The topological polar surface area (TPSA) is 94.4 Å². The highest BCUT2D eigenvalue weighted by molar-refractivity contribution is 5.94. The van der Waals surface area contributed by atoms with Gasteiger partial charge in [0.05, 0.1) is 17.0 Å². The molecule has 1 amide bonds. The molecule has 0 saturated carbocycles. The van der Waals surface area contributed by atoms with Crippen LogP contribution in [0.1, 0.15) is 10.4 Å². The summed E-state index contributed by atoms with van der Waals surface area (Å²) in [6.07, 6.45) is 1.72. The molecule has 0 aliphatic rings. The van der Waals surface area contributed by atoms with Crippen LogP contribution in [0.15, 0.2) is 60.8 Å². The van der Waals surface area contributed by atoms with Gasteiger partial charge in [-0.15, -0.1) is 0 Å². The van der Waals surface area contributed by atoms with Gasteiger partial charge in [0.2, 0.25) is 0 Å². The van der Waals surface area contributed by atoms with Gasteiger partial charge in [-0.25, -0.2) is 0 Å². The number of rotatable bonds is 5. The van der Waals surface area contributed by atoms with Gasteiger partial charge < -0.3 is 10.1 Å². The average Bonchev–Trinajstić information content (AvgIpc) is 2.70. The Labute approximate surface area is 155 Å². The van der Waals surface area contributed by atoms with Gasteiger partial charge in [0.1, 0.15) is 12.4 Å². The van der Waals surface area contributed by atoms with E-state index in [1.54, 1.807) is 6.20 Å². The lowest BCUT2D eigenvalue weighted by atomic mass is 10.2. The van der Waals surface area contributed by atoms with Gasteiger partial charge in [-0.05, 0) is 24.3 Å². The fourth-order valence-corrected chi connectivity index (χ4v) is 2.36. The van der Waals surface area contributed by atoms with Crippen LogP contribution in [0, 0.1) is 22.0 Å². The van der Waals surface area contributed by atoms with Crippen molar-refractivity contribution in [2.75, 3.05) is 13.2 Å². The second-order valence-electron chi connectivity index (χ2n) is 5.49. The van der Waals surface area contributed by atoms with Crippen molar-refractivity contribution in [2.45, 2.75) is 0 Å². The molecule has 27 heavy (non-hydrogen) atoms. The third-order valence-corrected chi connectivity index (χ3v) is 3.67. The van der Waals surface area contributed by atoms with Crippen molar-refractivity contribution in [3.63, 3.8) is 0 Å². The fraction of sp³-hybridized carbons (Fsp3) is 0.100. The molecule has 0 bridgehead atoms. The van der Waals surface area contributed by atoms with Gasteiger partial charge in [0, 0.05) is 35.3 Å². The quantitative estimate of drug-likeness (QED) is 0.428. The van der Waals surface area contributed by atoms with Crippen molar-refractivity contribution in [2.24, 2.45) is 0 Å². The molecule has 1 N–H and O–H groups in total. The molecule has 0 aliphatic heterocycles. The van der Waals surface area contributed by atoms with Crippen molar-refractivity contribution in [1.82, 2.24) is 10.3 Å². The summed E-state index contributed by atoms with van der Waals surface area (Å²) in [5.74, 6) is 5.82. The van der Waals surface area contributed by atoms with E-state index >= 15 is 0 Å². The molecule has 3 rings (SSSR count). The molecule has 7 nitrogen and oxygen atoms in total. The number of non-ortho nitro benzene ring substituents is 1. The normalized spacial score (nSPS) is 9.93. The summed E-state index contributed by atoms with van der Waals surface area (Å²) in [7, 11) is 0. The zero-order valence-electron chi connectivity index (χ0n) is 14.2. The minimum Gasteiger partial charge on any atom is -0.481 e. The number of hydrogen-bond donors (Lipinski definition) is 1. The van der Waals surface area contributed by atoms with Gasteiger partial charge in [-0.3, -0.25) is 19.9 Å². The number of carbonyl (C=O) groups is 1. The van der Waals surface area contributed by atoms with Gasteiger partial charge in [-0.2, -0.15) is 0 Å². The summed E-state index contributed by atoms with van der Waals surface area (Å²) in [6.45, 7) is 0.287. The number of pyridine rings is 1. The van der Waals surface area contributed by atoms with E-state index in [0.717, 1.165) is 10.9 Å². The molecule has 0 radical (unpaired) electrons. The number of benzene rings is 2. The van der Waals surface area contributed by atoms with E-state index in [1.165, 1.54) is 24.3 Å². The minimum absolute atomic E-state index is 0.115. The first-order valence-electron chi connectivity index (χ1n) is 8.09. The van der Waals surface area contributed by atoms with E-state index in [9.17, 15) is 14.9 Å². The molecule has 1 aromatic heterocycles. The van der Waals surface area contributed by atoms with Gasteiger partial charge >= 0.3 is 0 Å². The van der Waals surface area contributed by atoms with E-state index in [2.05, 4.69) is 22.1 Å². The zero-order chi connectivity index (χ0) is 19.1. The van der Waals surface area contributed by atoms with Gasteiger partial charge in [0.15, 0.2) is 0 Å². The predicted molar refractivity (Wildman–Crippen MR) is 100 cm³/mol. The van der Waals surface area contributed by atoms with Gasteiger partial charge in [0.25, 0.3) is 11.6 Å². The Balaban J connectivity index is 1.48. The number of ether oxygens (including phenoxy) is 1. The molecule has 1 heterocycles. The molecule has 0 unspecified atom stereocenters. The van der Waals surface area contributed by atoms with Crippen molar-refractivity contribution in [3.05, 3.63) is 76.5 Å². The van der Waals surface area contributed by atoms with Crippen LogP contribution in [0.4, 0.5) is 5.69 Å². The number of nitro benzene ring substituents is 1. The Bertz CT molecular complexity index is 1050. The Morgan fingerprint density at radius 3 is 2.89 bits per heavy atom. The highest BCUT2D eigenvalue weighted by Crippen LogP contribution is 2.18. The standard InChI is InChI=1S/C20H15N3O4/c24-20(16-5-3-7-17(13-16)23(25)26)22-10-1-2-12-27-18-9-8-15-6-4-11-21-19(15)14-18/h3-9,11,13-14H,10,12H2,(H,22,24). The Kier molecular flexibility index (Phi) is 5.60. The number of carbonyl (C=O) groups excluding carboxylic acids is 1. The monoisotopic (exact) mass is 361 g/mol. The Hall–Kier alpha value is -3.92. The first kappa shape index (κ1) is 17.9. The summed E-state index contributed by atoms with van der Waals surface area (Å²) >= 11 is 0. The summed E-state index contributed by atoms with van der Waals surface area (Å²) in [5.41, 5.74) is 0.921. The van der Waals surface area contributed by atoms with Crippen molar-refractivity contribution >= 4 is 22.5 Å². The lowest BCUT2D eigenvalue weighted by Gasteiger charge is -2.03. The Morgan fingerprint density at radius 1 is 1.15 bits per heavy atom. The third kappa shape index (κ3) is 4.80. The van der Waals surface area contributed by atoms with E-state index in [1.807, 2.05) is 30.3 Å². The zero-order valence-corrected chi connectivity index (χ0v) is 14.2. The van der Waals surface area contributed by atoms with Crippen LogP contribution < -0.4 is 10.1 Å². The number of aromatic nitrogens is 1. The maximum Gasteiger partial charge on any atom is 0.270 e. The van der Waals surface area contributed by atoms with Crippen molar-refractivity contribution < 1.29 is 14.5 Å². The molecule has 3 aromatic rings. The van der Waals surface area contributed by atoms with Crippen molar-refractivity contribution in [3.8, 4) is 17.6 Å². The predicted octanol–water partition coefficient (Wildman–Crippen LogP) is 2.96. The summed E-state index contributed by atoms with van der Waals surface area (Å²) in [6, 6.07) is 15.0. The van der Waals surface area contributed by atoms with Crippen molar-refractivity contribution in [1.29, 1.82) is 0 Å². The van der Waals surface area contributed by atoms with Crippen LogP contribution in [-0.2, 0) is 0 Å². The average molecular weight is 361 g/mol. The highest BCUT2D eigenvalue weighted by Gasteiger charge is 2.10. The van der Waals surface area contributed by atoms with Gasteiger partial charge in [-0.1, -0.05) is 24.0 Å². The maximum absolute atomic E-state index is 12.0. The smallest absolute Gasteiger partial charge is 0.270 e. The lowest BCUT2D eigenvalue weighted by molar-refractivity contribution is -0.384. The van der Waals surface area contributed by atoms with E-state index < -0.39 is 10.8 Å². The van der Waals surface area contributed by atoms with Crippen LogP contribution >= 0.6 is 0 Å². The summed E-state index contributed by atoms with van der Waals surface area (Å²) in [5, 5.41) is 14.3. The largest absolute Gasteiger partial charge is 0.481 e. The Morgan fingerprint density at radius 2 is 2.04 bits per heavy atom. The summed E-state index contributed by atoms with van der Waals surface area (Å²) in [4.78, 5) is 26.4. The molecule has 0 fully saturated rings. The second-order valence-corrected chi connectivity index (χ2v) is 5.49. The fourth-order valence-electron chi connectivity index (χ4n) is 2.36. The third-order valence-electron chi connectivity index (χ3n) is 3.67. The minimum atomic E-state index is -0.545. The maximum atomic E-state index is 12.0. The first-order chi connectivity index (χ1) is 13.1. The van der Waals surface area contributed by atoms with Crippen LogP contribution in [0.5, 0.6) is 5.75 Å². The number of fused-ring (bicyclic) bond motifs is 1. The molecular weight excluding hydrogens is 346 g/mol. The molecule has 134 valence electrons. The van der Waals surface area contributed by atoms with Crippen LogP contribution in [-0.4, -0.2) is 29.0 Å². The molecule has 2 aromatic carbocycles. The lowest BCUT2D eigenvalue weighted by Crippen LogP contribution is -2.23. The van der Waals surface area contributed by atoms with Crippen LogP contribution in [0.3, 0.4) is 0 Å². The number of nitro groups is 1. The van der Waals surface area contributed by atoms with Crippen LogP contribution in [0.2, 0.25) is 0 Å². The molecule has 0 aliphatic carbocycles. The molecular formula is C20H15N3O4. The first-order valence-corrected chi connectivity index (χ1v) is 8.09. The summed E-state index contributed by atoms with van der Waals surface area (Å²) < 4.78 is 5.55. The van der Waals surface area contributed by atoms with Crippen LogP contribution in [0.25, 0.3) is 10.9 Å². The number of nitrogens with one attached hydrogen (secondary N) is 1. The highest BCUT2D eigenvalue weighted by atomic mass is 16.6. The van der Waals surface area contributed by atoms with E-state index in [0.29, 0.717) is 5.75 Å². The number of amides is 1. The molecule has 0 saturated heterocycles. The molecule has 7 heteroatoms. The molecule has 0 atom stereocenters. The number of hydrogen-bond acceptors (Lipinski definition) is 5.